The Labute approximate surface area is 161 Å². The van der Waals surface area contributed by atoms with Crippen molar-refractivity contribution < 1.29 is 9.59 Å². The number of para-hydroxylation sites is 1. The Bertz CT molecular complexity index is 755. The summed E-state index contributed by atoms with van der Waals surface area (Å²) >= 11 is 9.00. The average molecular weight is 395 g/mol. The molecule has 0 aromatic heterocycles. The maximum Gasteiger partial charge on any atom is 0.244 e. The number of hydrogen-bond donors (Lipinski definition) is 1. The smallest absolute Gasteiger partial charge is 0.244 e. The van der Waals surface area contributed by atoms with Gasteiger partial charge in [-0.1, -0.05) is 35.9 Å². The van der Waals surface area contributed by atoms with E-state index in [9.17, 15) is 9.59 Å². The predicted octanol–water partition coefficient (Wildman–Crippen LogP) is 4.25. The van der Waals surface area contributed by atoms with Gasteiger partial charge in [0.05, 0.1) is 23.0 Å². The first-order valence-electron chi connectivity index (χ1n) is 7.55. The van der Waals surface area contributed by atoms with Gasteiger partial charge in [0.1, 0.15) is 0 Å². The van der Waals surface area contributed by atoms with Gasteiger partial charge in [-0.2, -0.15) is 0 Å². The van der Waals surface area contributed by atoms with Crippen LogP contribution in [0.15, 0.2) is 58.3 Å². The molecule has 1 N–H and O–H groups in total. The van der Waals surface area contributed by atoms with Gasteiger partial charge >= 0.3 is 0 Å². The third-order valence-corrected chi connectivity index (χ3v) is 5.67. The van der Waals surface area contributed by atoms with Crippen molar-refractivity contribution in [1.82, 2.24) is 4.90 Å². The number of amides is 2. The van der Waals surface area contributed by atoms with Crippen LogP contribution in [0.5, 0.6) is 0 Å². The molecule has 0 fully saturated rings. The van der Waals surface area contributed by atoms with Crippen LogP contribution in [0.1, 0.15) is 0 Å². The fourth-order valence-electron chi connectivity index (χ4n) is 2.05. The van der Waals surface area contributed by atoms with Crippen LogP contribution in [0.2, 0.25) is 5.02 Å². The molecule has 0 saturated heterocycles. The minimum atomic E-state index is -0.222. The highest BCUT2D eigenvalue weighted by atomic mass is 35.5. The lowest BCUT2D eigenvalue weighted by Gasteiger charge is -2.17. The van der Waals surface area contributed by atoms with Crippen molar-refractivity contribution in [2.45, 2.75) is 9.79 Å². The Kier molecular flexibility index (Phi) is 7.68. The molecule has 0 aliphatic heterocycles. The second-order valence-corrected chi connectivity index (χ2v) is 7.49. The van der Waals surface area contributed by atoms with Gasteiger partial charge in [-0.25, -0.2) is 0 Å². The Morgan fingerprint density at radius 3 is 2.40 bits per heavy atom. The predicted molar refractivity (Wildman–Crippen MR) is 107 cm³/mol. The summed E-state index contributed by atoms with van der Waals surface area (Å²) in [5, 5.41) is 3.47. The van der Waals surface area contributed by atoms with Crippen LogP contribution in [-0.4, -0.2) is 42.3 Å². The first-order chi connectivity index (χ1) is 12.0. The summed E-state index contributed by atoms with van der Waals surface area (Å²) in [5.41, 5.74) is 0.756. The second kappa shape index (κ2) is 9.75. The molecule has 0 spiro atoms. The summed E-state index contributed by atoms with van der Waals surface area (Å²) in [6.07, 6.45) is 1.95. The number of carbonyl (C=O) groups excluding carboxylic acids is 2. The van der Waals surface area contributed by atoms with E-state index in [-0.39, 0.29) is 24.1 Å². The standard InChI is InChI=1S/C18H19ClN2O2S2/c1-21(18(23)12-25-15-9-5-3-7-13(15)19)11-17(22)20-14-8-4-6-10-16(14)24-2/h3-10H,11-12H2,1-2H3,(H,20,22). The largest absolute Gasteiger partial charge is 0.336 e. The van der Waals surface area contributed by atoms with Crippen LogP contribution < -0.4 is 5.32 Å². The number of hydrogen-bond acceptors (Lipinski definition) is 4. The Balaban J connectivity index is 1.86. The number of nitrogens with one attached hydrogen (secondary N) is 1. The maximum atomic E-state index is 12.2. The first kappa shape index (κ1) is 19.7. The molecule has 0 bridgehead atoms. The Morgan fingerprint density at radius 2 is 1.72 bits per heavy atom. The zero-order valence-corrected chi connectivity index (χ0v) is 16.4. The summed E-state index contributed by atoms with van der Waals surface area (Å²) < 4.78 is 0. The van der Waals surface area contributed by atoms with Gasteiger partial charge in [0.25, 0.3) is 0 Å². The Hall–Kier alpha value is -1.63. The van der Waals surface area contributed by atoms with Gasteiger partial charge in [0.15, 0.2) is 0 Å². The lowest BCUT2D eigenvalue weighted by atomic mass is 10.3. The second-order valence-electron chi connectivity index (χ2n) is 5.22. The number of carbonyl (C=O) groups is 2. The molecule has 4 nitrogen and oxygen atoms in total. The summed E-state index contributed by atoms with van der Waals surface area (Å²) in [5.74, 6) is -0.118. The minimum absolute atomic E-state index is 0.00459. The van der Waals surface area contributed by atoms with Crippen LogP contribution in [0.25, 0.3) is 0 Å². The van der Waals surface area contributed by atoms with Crippen molar-refractivity contribution in [2.24, 2.45) is 0 Å². The molecule has 2 aromatic carbocycles. The topological polar surface area (TPSA) is 49.4 Å². The highest BCUT2D eigenvalue weighted by Crippen LogP contribution is 2.27. The van der Waals surface area contributed by atoms with Crippen molar-refractivity contribution in [1.29, 1.82) is 0 Å². The number of nitrogens with zero attached hydrogens (tertiary/aromatic N) is 1. The number of halogens is 1. The van der Waals surface area contributed by atoms with Crippen LogP contribution in [0.3, 0.4) is 0 Å². The lowest BCUT2D eigenvalue weighted by molar-refractivity contribution is -0.131. The van der Waals surface area contributed by atoms with Crippen LogP contribution in [-0.2, 0) is 9.59 Å². The zero-order valence-electron chi connectivity index (χ0n) is 14.0. The van der Waals surface area contributed by atoms with Gasteiger partial charge in [0.2, 0.25) is 11.8 Å². The van der Waals surface area contributed by atoms with E-state index in [1.54, 1.807) is 24.9 Å². The van der Waals surface area contributed by atoms with Crippen molar-refractivity contribution >= 4 is 52.6 Å². The van der Waals surface area contributed by atoms with Crippen LogP contribution in [0, 0.1) is 0 Å². The van der Waals surface area contributed by atoms with Gasteiger partial charge in [-0.15, -0.1) is 23.5 Å². The van der Waals surface area contributed by atoms with Crippen LogP contribution >= 0.6 is 35.1 Å². The van der Waals surface area contributed by atoms with E-state index in [4.69, 9.17) is 11.6 Å². The maximum absolute atomic E-state index is 12.2. The molecule has 0 unspecified atom stereocenters. The normalized spacial score (nSPS) is 10.4. The molecular formula is C18H19ClN2O2S2. The molecule has 0 saturated carbocycles. The molecule has 2 aromatic rings. The van der Waals surface area contributed by atoms with Gasteiger partial charge in [-0.05, 0) is 30.5 Å². The number of rotatable bonds is 7. The molecule has 0 radical (unpaired) electrons. The third kappa shape index (κ3) is 5.99. The Morgan fingerprint density at radius 1 is 1.08 bits per heavy atom. The highest BCUT2D eigenvalue weighted by Gasteiger charge is 2.15. The number of likely N-dealkylation sites (N-methyl/N-ethyl adjacent to an activating group) is 1. The SMILES string of the molecule is CSc1ccccc1NC(=O)CN(C)C(=O)CSc1ccccc1Cl. The van der Waals surface area contributed by atoms with Crippen LogP contribution in [0.4, 0.5) is 5.69 Å². The average Bonchev–Trinajstić information content (AvgIpc) is 2.61. The molecule has 2 rings (SSSR count). The fraction of sp³-hybridized carbons (Fsp3) is 0.222. The third-order valence-electron chi connectivity index (χ3n) is 3.38. The van der Waals surface area contributed by atoms with E-state index >= 15 is 0 Å². The molecule has 0 atom stereocenters. The molecule has 0 heterocycles. The molecule has 7 heteroatoms. The summed E-state index contributed by atoms with van der Waals surface area (Å²) in [6, 6.07) is 14.9. The van der Waals surface area contributed by atoms with Crippen molar-refractivity contribution in [2.75, 3.05) is 30.9 Å². The summed E-state index contributed by atoms with van der Waals surface area (Å²) in [6.45, 7) is 0.00459. The van der Waals surface area contributed by atoms with E-state index in [1.807, 2.05) is 48.7 Å². The number of benzene rings is 2. The highest BCUT2D eigenvalue weighted by molar-refractivity contribution is 8.00. The van der Waals surface area contributed by atoms with Crippen molar-refractivity contribution in [3.8, 4) is 0 Å². The fourth-order valence-corrected chi connectivity index (χ4v) is 3.79. The summed E-state index contributed by atoms with van der Waals surface area (Å²) in [7, 11) is 1.62. The first-order valence-corrected chi connectivity index (χ1v) is 10.1. The quantitative estimate of drug-likeness (QED) is 0.713. The van der Waals surface area contributed by atoms with E-state index < -0.39 is 0 Å². The molecule has 0 aliphatic carbocycles. The van der Waals surface area contributed by atoms with E-state index in [0.29, 0.717) is 5.02 Å². The molecule has 25 heavy (non-hydrogen) atoms. The zero-order chi connectivity index (χ0) is 18.2. The lowest BCUT2D eigenvalue weighted by Crippen LogP contribution is -2.36. The summed E-state index contributed by atoms with van der Waals surface area (Å²) in [4.78, 5) is 27.7. The molecule has 0 aliphatic rings. The van der Waals surface area contributed by atoms with Crippen molar-refractivity contribution in [3.05, 3.63) is 53.6 Å². The van der Waals surface area contributed by atoms with Gasteiger partial charge < -0.3 is 10.2 Å². The van der Waals surface area contributed by atoms with Gasteiger partial charge in [0, 0.05) is 16.8 Å². The molecule has 2 amide bonds. The number of anilines is 1. The molecule has 132 valence electrons. The van der Waals surface area contributed by atoms with Crippen molar-refractivity contribution in [3.63, 3.8) is 0 Å². The molecular weight excluding hydrogens is 376 g/mol. The van der Waals surface area contributed by atoms with Gasteiger partial charge in [-0.3, -0.25) is 9.59 Å². The number of thioether (sulfide) groups is 2. The monoisotopic (exact) mass is 394 g/mol. The minimum Gasteiger partial charge on any atom is -0.336 e. The van der Waals surface area contributed by atoms with E-state index in [2.05, 4.69) is 5.32 Å². The van der Waals surface area contributed by atoms with E-state index in [0.717, 1.165) is 15.5 Å². The van der Waals surface area contributed by atoms with E-state index in [1.165, 1.54) is 16.7 Å².